The molecule has 3 N–H and O–H groups in total. The van der Waals surface area contributed by atoms with Crippen LogP contribution in [0, 0.1) is 5.41 Å². The number of rotatable bonds is 6. The van der Waals surface area contributed by atoms with Crippen molar-refractivity contribution in [2.24, 2.45) is 5.41 Å². The summed E-state index contributed by atoms with van der Waals surface area (Å²) in [7, 11) is 1.49. The van der Waals surface area contributed by atoms with Crippen LogP contribution < -0.4 is 4.74 Å². The highest BCUT2D eigenvalue weighted by atomic mass is 16.5. The molecule has 0 amide bonds. The first-order valence-corrected chi connectivity index (χ1v) is 8.98. The minimum atomic E-state index is -1.26. The molecular formula is C21H25NO5. The van der Waals surface area contributed by atoms with Crippen LogP contribution in [0.2, 0.25) is 0 Å². The average molecular weight is 371 g/mol. The largest absolute Gasteiger partial charge is 0.504 e. The number of piperidine rings is 1. The van der Waals surface area contributed by atoms with Gasteiger partial charge in [-0.15, -0.1) is 0 Å². The molecule has 1 aliphatic rings. The van der Waals surface area contributed by atoms with Crippen molar-refractivity contribution in [3.8, 4) is 11.5 Å². The van der Waals surface area contributed by atoms with E-state index in [0.717, 1.165) is 11.1 Å². The molecule has 0 unspecified atom stereocenters. The van der Waals surface area contributed by atoms with Crippen molar-refractivity contribution in [1.82, 2.24) is 4.90 Å². The van der Waals surface area contributed by atoms with Crippen LogP contribution in [0.25, 0.3) is 0 Å². The molecule has 0 aliphatic carbocycles. The minimum absolute atomic E-state index is 0.0563. The van der Waals surface area contributed by atoms with E-state index in [0.29, 0.717) is 25.3 Å². The van der Waals surface area contributed by atoms with Crippen molar-refractivity contribution < 1.29 is 24.9 Å². The lowest BCUT2D eigenvalue weighted by molar-refractivity contribution is -0.163. The van der Waals surface area contributed by atoms with Gasteiger partial charge in [-0.3, -0.25) is 9.69 Å². The summed E-state index contributed by atoms with van der Waals surface area (Å²) >= 11 is 0. The van der Waals surface area contributed by atoms with Gasteiger partial charge in [0.15, 0.2) is 11.5 Å². The molecule has 6 heteroatoms. The molecule has 2 aromatic rings. The van der Waals surface area contributed by atoms with Crippen LogP contribution in [0.4, 0.5) is 0 Å². The smallest absolute Gasteiger partial charge is 0.313 e. The fourth-order valence-corrected chi connectivity index (χ4v) is 3.81. The van der Waals surface area contributed by atoms with Crippen LogP contribution in [-0.2, 0) is 17.8 Å². The van der Waals surface area contributed by atoms with Gasteiger partial charge < -0.3 is 20.1 Å². The lowest BCUT2D eigenvalue weighted by atomic mass is 9.72. The highest BCUT2D eigenvalue weighted by Gasteiger charge is 2.49. The number of phenolic OH excluding ortho intramolecular Hbond substituents is 1. The fraction of sp³-hybridized carbons (Fsp3) is 0.381. The van der Waals surface area contributed by atoms with E-state index in [1.54, 1.807) is 12.1 Å². The third-order valence-corrected chi connectivity index (χ3v) is 5.30. The topological polar surface area (TPSA) is 90.2 Å². The molecule has 0 saturated carbocycles. The Morgan fingerprint density at radius 3 is 2.59 bits per heavy atom. The van der Waals surface area contributed by atoms with E-state index in [9.17, 15) is 20.1 Å². The van der Waals surface area contributed by atoms with Crippen LogP contribution >= 0.6 is 0 Å². The quantitative estimate of drug-likeness (QED) is 0.722. The van der Waals surface area contributed by atoms with Gasteiger partial charge in [0.05, 0.1) is 13.2 Å². The number of hydrogen-bond donors (Lipinski definition) is 3. The Labute approximate surface area is 158 Å². The minimum Gasteiger partial charge on any atom is -0.504 e. The summed E-state index contributed by atoms with van der Waals surface area (Å²) in [6, 6.07) is 14.6. The maximum Gasteiger partial charge on any atom is 0.313 e. The summed E-state index contributed by atoms with van der Waals surface area (Å²) < 4.78 is 5.06. The lowest BCUT2D eigenvalue weighted by Gasteiger charge is -2.43. The highest BCUT2D eigenvalue weighted by Crippen LogP contribution is 2.36. The first-order valence-electron chi connectivity index (χ1n) is 8.98. The number of phenols is 1. The second kappa shape index (κ2) is 7.98. The third kappa shape index (κ3) is 4.07. The zero-order valence-corrected chi connectivity index (χ0v) is 15.3. The number of benzene rings is 2. The zero-order chi connectivity index (χ0) is 19.4. The van der Waals surface area contributed by atoms with Crippen LogP contribution in [0.15, 0.2) is 48.5 Å². The Kier molecular flexibility index (Phi) is 5.68. The standard InChI is InChI=1S/C21H25NO5/c1-27-18-8-7-16(11-17(18)23)13-22-10-9-19(24)21(14-22,20(25)26)12-15-5-3-2-4-6-15/h2-8,11,19,23-24H,9-10,12-14H2,1H3,(H,25,26)/t19-,21+/m0/s1. The number of carboxylic acid groups (broad SMARTS) is 1. The molecule has 1 saturated heterocycles. The predicted octanol–water partition coefficient (Wildman–Crippen LogP) is 2.28. The van der Waals surface area contributed by atoms with E-state index in [2.05, 4.69) is 0 Å². The van der Waals surface area contributed by atoms with Crippen molar-refractivity contribution in [2.45, 2.75) is 25.5 Å². The molecule has 1 heterocycles. The summed E-state index contributed by atoms with van der Waals surface area (Å²) in [4.78, 5) is 14.2. The van der Waals surface area contributed by atoms with Crippen molar-refractivity contribution >= 4 is 5.97 Å². The Balaban J connectivity index is 1.81. The molecule has 0 spiro atoms. The molecule has 2 atom stereocenters. The van der Waals surface area contributed by atoms with E-state index in [4.69, 9.17) is 4.74 Å². The molecule has 0 aromatic heterocycles. The summed E-state index contributed by atoms with van der Waals surface area (Å²) in [5.74, 6) is -0.529. The number of carboxylic acids is 1. The van der Waals surface area contributed by atoms with Gasteiger partial charge in [-0.1, -0.05) is 36.4 Å². The van der Waals surface area contributed by atoms with Crippen molar-refractivity contribution in [3.63, 3.8) is 0 Å². The van der Waals surface area contributed by atoms with Crippen LogP contribution in [0.3, 0.4) is 0 Å². The molecule has 1 fully saturated rings. The van der Waals surface area contributed by atoms with Gasteiger partial charge in [-0.25, -0.2) is 0 Å². The molecule has 6 nitrogen and oxygen atoms in total. The Morgan fingerprint density at radius 2 is 1.96 bits per heavy atom. The first kappa shape index (κ1) is 19.2. The fourth-order valence-electron chi connectivity index (χ4n) is 3.81. The van der Waals surface area contributed by atoms with Crippen LogP contribution in [0.1, 0.15) is 17.5 Å². The van der Waals surface area contributed by atoms with Gasteiger partial charge in [0.25, 0.3) is 0 Å². The van der Waals surface area contributed by atoms with Crippen LogP contribution in [0.5, 0.6) is 11.5 Å². The molecule has 0 bridgehead atoms. The molecule has 0 radical (unpaired) electrons. The zero-order valence-electron chi connectivity index (χ0n) is 15.3. The van der Waals surface area contributed by atoms with Crippen LogP contribution in [-0.4, -0.2) is 52.5 Å². The number of hydrogen-bond acceptors (Lipinski definition) is 5. The third-order valence-electron chi connectivity index (χ3n) is 5.30. The van der Waals surface area contributed by atoms with Crippen molar-refractivity contribution in [1.29, 1.82) is 0 Å². The average Bonchev–Trinajstić information content (AvgIpc) is 2.65. The lowest BCUT2D eigenvalue weighted by Crippen LogP contribution is -2.56. The van der Waals surface area contributed by atoms with Gasteiger partial charge in [-0.2, -0.15) is 0 Å². The van der Waals surface area contributed by atoms with E-state index in [1.807, 2.05) is 41.3 Å². The maximum absolute atomic E-state index is 12.2. The number of ether oxygens (including phenoxy) is 1. The number of aliphatic carboxylic acids is 1. The number of methoxy groups -OCH3 is 1. The number of aliphatic hydroxyl groups excluding tert-OH is 1. The second-order valence-electron chi connectivity index (χ2n) is 7.14. The second-order valence-corrected chi connectivity index (χ2v) is 7.14. The Hall–Kier alpha value is -2.57. The van der Waals surface area contributed by atoms with E-state index < -0.39 is 17.5 Å². The Bertz CT molecular complexity index is 794. The van der Waals surface area contributed by atoms with Gasteiger partial charge in [0.1, 0.15) is 5.41 Å². The number of nitrogens with zero attached hydrogens (tertiary/aromatic N) is 1. The van der Waals surface area contributed by atoms with Gasteiger partial charge >= 0.3 is 5.97 Å². The van der Waals surface area contributed by atoms with Crippen molar-refractivity contribution in [2.75, 3.05) is 20.2 Å². The van der Waals surface area contributed by atoms with Gasteiger partial charge in [-0.05, 0) is 36.1 Å². The normalized spacial score (nSPS) is 23.1. The van der Waals surface area contributed by atoms with Gasteiger partial charge in [0.2, 0.25) is 0 Å². The monoisotopic (exact) mass is 371 g/mol. The SMILES string of the molecule is COc1ccc(CN2CC[C@H](O)[C@](Cc3ccccc3)(C(=O)O)C2)cc1O. The predicted molar refractivity (Wildman–Crippen MR) is 101 cm³/mol. The number of likely N-dealkylation sites (tertiary alicyclic amines) is 1. The molecular weight excluding hydrogens is 346 g/mol. The molecule has 3 rings (SSSR count). The number of aliphatic hydroxyl groups is 1. The van der Waals surface area contributed by atoms with E-state index >= 15 is 0 Å². The molecule has 27 heavy (non-hydrogen) atoms. The Morgan fingerprint density at radius 1 is 1.22 bits per heavy atom. The summed E-state index contributed by atoms with van der Waals surface area (Å²) in [6.45, 7) is 1.33. The van der Waals surface area contributed by atoms with E-state index in [-0.39, 0.29) is 18.7 Å². The van der Waals surface area contributed by atoms with E-state index in [1.165, 1.54) is 7.11 Å². The molecule has 144 valence electrons. The summed E-state index contributed by atoms with van der Waals surface area (Å²) in [6.07, 6.45) is -0.244. The highest BCUT2D eigenvalue weighted by molar-refractivity contribution is 5.76. The maximum atomic E-state index is 12.2. The first-order chi connectivity index (χ1) is 12.9. The summed E-state index contributed by atoms with van der Waals surface area (Å²) in [5, 5.41) is 30.5. The number of carbonyl (C=O) groups is 1. The molecule has 2 aromatic carbocycles. The van der Waals surface area contributed by atoms with Crippen molar-refractivity contribution in [3.05, 3.63) is 59.7 Å². The van der Waals surface area contributed by atoms with Gasteiger partial charge in [0, 0.05) is 19.6 Å². The number of aromatic hydroxyl groups is 1. The molecule has 1 aliphatic heterocycles. The summed E-state index contributed by atoms with van der Waals surface area (Å²) in [5.41, 5.74) is 0.500.